The molecule has 0 aliphatic heterocycles. The van der Waals surface area contributed by atoms with E-state index in [1.807, 2.05) is 4.68 Å². The normalized spacial score (nSPS) is 12.1. The number of H-pyrrole nitrogens is 1. The van der Waals surface area contributed by atoms with Crippen molar-refractivity contribution in [2.45, 2.75) is 76.8 Å². The number of unbranched alkanes of at least 4 members (excludes halogenated alkanes) is 1. The van der Waals surface area contributed by atoms with Gasteiger partial charge in [0, 0.05) is 69.2 Å². The van der Waals surface area contributed by atoms with E-state index in [0.717, 1.165) is 36.8 Å². The molecule has 18 nitrogen and oxygen atoms in total. The van der Waals surface area contributed by atoms with Gasteiger partial charge in [0.2, 0.25) is 15.9 Å². The monoisotopic (exact) mass is 842 g/mol. The Morgan fingerprint density at radius 3 is 2.27 bits per heavy atom. The number of carboxylic acid groups (broad SMARTS) is 1. The molecule has 2 heterocycles. The van der Waals surface area contributed by atoms with Gasteiger partial charge in [-0.25, -0.2) is 13.4 Å². The third kappa shape index (κ3) is 15.9. The molecule has 59 heavy (non-hydrogen) atoms. The van der Waals surface area contributed by atoms with Crippen LogP contribution in [0.3, 0.4) is 0 Å². The predicted molar refractivity (Wildman–Crippen MR) is 221 cm³/mol. The molecule has 19 heteroatoms. The van der Waals surface area contributed by atoms with E-state index in [1.165, 1.54) is 0 Å². The van der Waals surface area contributed by atoms with Crippen LogP contribution in [0.1, 0.15) is 66.9 Å². The van der Waals surface area contributed by atoms with Crippen molar-refractivity contribution in [2.75, 3.05) is 71.2 Å². The third-order valence-corrected chi connectivity index (χ3v) is 10.8. The Morgan fingerprint density at radius 2 is 1.59 bits per heavy atom. The fourth-order valence-corrected chi connectivity index (χ4v) is 7.69. The van der Waals surface area contributed by atoms with Crippen molar-refractivity contribution in [3.05, 3.63) is 65.6 Å². The molecule has 4 rings (SSSR count). The van der Waals surface area contributed by atoms with Crippen molar-refractivity contribution in [2.24, 2.45) is 0 Å². The number of anilines is 1. The van der Waals surface area contributed by atoms with Crippen LogP contribution < -0.4 is 25.4 Å². The topological polar surface area (TPSA) is 237 Å². The summed E-state index contributed by atoms with van der Waals surface area (Å²) >= 11 is 0. The number of benzene rings is 2. The molecule has 324 valence electrons. The number of aliphatic carboxylic acids is 1. The quantitative estimate of drug-likeness (QED) is 0.0413. The van der Waals surface area contributed by atoms with Crippen molar-refractivity contribution in [3.63, 3.8) is 0 Å². The molecule has 0 aliphatic carbocycles. The summed E-state index contributed by atoms with van der Waals surface area (Å²) in [6.07, 6.45) is 9.34. The Kier molecular flexibility index (Phi) is 19.6. The highest BCUT2D eigenvalue weighted by molar-refractivity contribution is 7.89. The number of aryl methyl sites for hydroxylation is 3. The van der Waals surface area contributed by atoms with Gasteiger partial charge in [-0.15, -0.1) is 0 Å². The second-order valence-electron chi connectivity index (χ2n) is 13.8. The standard InChI is InChI=1S/C40H58N8O10S/c1-4-5-17-55-20-22-57-23-21-56-18-8-13-41-36(49)9-6-19-58-33-24-29(2)37(30(3)25-33)59(53,54)47-34(39(51)52)28-45-38(50)31-10-11-35-32(26-31)27-46-48(35)16-7-12-42-40-43-14-15-44-40/h10-11,14-15,24-27,34,47H,4-9,12-13,16-23,28H2,1-3H3,(H,41,49)(H,45,50)(H,51,52)(H2,42,43,44). The molecule has 0 bridgehead atoms. The van der Waals surface area contributed by atoms with E-state index in [2.05, 4.69) is 42.7 Å². The number of rotatable bonds is 30. The highest BCUT2D eigenvalue weighted by Gasteiger charge is 2.29. The molecule has 0 radical (unpaired) electrons. The van der Waals surface area contributed by atoms with Crippen LogP contribution >= 0.6 is 0 Å². The Bertz CT molecular complexity index is 2000. The maximum atomic E-state index is 13.5. The molecule has 0 saturated carbocycles. The number of hydrogen-bond acceptors (Lipinski definition) is 12. The number of nitrogens with one attached hydrogen (secondary N) is 5. The Morgan fingerprint density at radius 1 is 0.881 bits per heavy atom. The number of hydrogen-bond donors (Lipinski definition) is 6. The molecule has 0 fully saturated rings. The lowest BCUT2D eigenvalue weighted by molar-refractivity contribution is -0.138. The van der Waals surface area contributed by atoms with Gasteiger partial charge >= 0.3 is 5.97 Å². The van der Waals surface area contributed by atoms with Crippen molar-refractivity contribution >= 4 is 44.7 Å². The maximum Gasteiger partial charge on any atom is 0.323 e. The molecular formula is C40H58N8O10S. The molecule has 2 aromatic carbocycles. The summed E-state index contributed by atoms with van der Waals surface area (Å²) < 4.78 is 53.2. The molecule has 0 spiro atoms. The Hall–Kier alpha value is -5.08. The number of ether oxygens (including phenoxy) is 4. The third-order valence-electron chi connectivity index (χ3n) is 9.00. The first-order valence-electron chi connectivity index (χ1n) is 19.9. The van der Waals surface area contributed by atoms with Gasteiger partial charge in [0.1, 0.15) is 11.8 Å². The zero-order valence-corrected chi connectivity index (χ0v) is 34.9. The SMILES string of the molecule is CCCCOCCOCCOCCCNC(=O)CCCOc1cc(C)c(S(=O)(=O)NC(CNC(=O)c2ccc3c(cnn3CCCNc3ncc[nH]3)c2)C(=O)O)c(C)c1. The van der Waals surface area contributed by atoms with Gasteiger partial charge in [0.15, 0.2) is 5.95 Å². The fraction of sp³-hybridized carbons (Fsp3) is 0.525. The maximum absolute atomic E-state index is 13.5. The summed E-state index contributed by atoms with van der Waals surface area (Å²) in [6.45, 7) is 10.2. The number of sulfonamides is 1. The Labute approximate surface area is 345 Å². The van der Waals surface area contributed by atoms with Crippen LogP contribution in [0, 0.1) is 13.8 Å². The van der Waals surface area contributed by atoms with E-state index in [9.17, 15) is 27.9 Å². The van der Waals surface area contributed by atoms with E-state index in [1.54, 1.807) is 62.8 Å². The van der Waals surface area contributed by atoms with E-state index in [0.29, 0.717) is 88.3 Å². The zero-order chi connectivity index (χ0) is 42.5. The highest BCUT2D eigenvalue weighted by Crippen LogP contribution is 2.26. The van der Waals surface area contributed by atoms with Crippen LogP contribution in [0.25, 0.3) is 10.9 Å². The van der Waals surface area contributed by atoms with Gasteiger partial charge in [0.05, 0.1) is 49.6 Å². The summed E-state index contributed by atoms with van der Waals surface area (Å²) in [4.78, 5) is 44.4. The number of aromatic nitrogens is 4. The van der Waals surface area contributed by atoms with Crippen LogP contribution in [-0.2, 0) is 40.4 Å². The summed E-state index contributed by atoms with van der Waals surface area (Å²) in [5.41, 5.74) is 1.77. The summed E-state index contributed by atoms with van der Waals surface area (Å²) in [6, 6.07) is 6.45. The van der Waals surface area contributed by atoms with Gasteiger partial charge in [-0.1, -0.05) is 13.3 Å². The van der Waals surface area contributed by atoms with Crippen LogP contribution in [0.2, 0.25) is 0 Å². The minimum absolute atomic E-state index is 0.0927. The van der Waals surface area contributed by atoms with Crippen LogP contribution in [-0.4, -0.2) is 123 Å². The predicted octanol–water partition coefficient (Wildman–Crippen LogP) is 3.56. The number of nitrogens with zero attached hydrogens (tertiary/aromatic N) is 3. The van der Waals surface area contributed by atoms with Gasteiger partial charge in [-0.05, 0) is 81.0 Å². The molecule has 2 aromatic heterocycles. The summed E-state index contributed by atoms with van der Waals surface area (Å²) in [5.74, 6) is -1.04. The summed E-state index contributed by atoms with van der Waals surface area (Å²) in [5, 5.41) is 23.6. The lowest BCUT2D eigenvalue weighted by Crippen LogP contribution is -2.48. The van der Waals surface area contributed by atoms with Crippen LogP contribution in [0.4, 0.5) is 5.95 Å². The molecule has 0 aliphatic rings. The number of carboxylic acids is 1. The molecular weight excluding hydrogens is 785 g/mol. The van der Waals surface area contributed by atoms with Crippen molar-refractivity contribution < 1.29 is 46.9 Å². The smallest absolute Gasteiger partial charge is 0.323 e. The minimum atomic E-state index is -4.34. The summed E-state index contributed by atoms with van der Waals surface area (Å²) in [7, 11) is -4.34. The van der Waals surface area contributed by atoms with Crippen molar-refractivity contribution in [1.29, 1.82) is 0 Å². The lowest BCUT2D eigenvalue weighted by Gasteiger charge is -2.19. The van der Waals surface area contributed by atoms with E-state index in [4.69, 9.17) is 18.9 Å². The molecule has 2 amide bonds. The number of amides is 2. The second kappa shape index (κ2) is 24.8. The van der Waals surface area contributed by atoms with E-state index >= 15 is 0 Å². The molecule has 1 atom stereocenters. The lowest BCUT2D eigenvalue weighted by atomic mass is 10.1. The molecule has 4 aromatic rings. The average Bonchev–Trinajstić information content (AvgIpc) is 3.88. The average molecular weight is 843 g/mol. The fourth-order valence-electron chi connectivity index (χ4n) is 6.05. The largest absolute Gasteiger partial charge is 0.494 e. The van der Waals surface area contributed by atoms with Crippen molar-refractivity contribution in [3.8, 4) is 5.75 Å². The Balaban J connectivity index is 1.15. The first-order valence-corrected chi connectivity index (χ1v) is 21.4. The van der Waals surface area contributed by atoms with E-state index < -0.39 is 34.5 Å². The minimum Gasteiger partial charge on any atom is -0.494 e. The second-order valence-corrected chi connectivity index (χ2v) is 15.5. The number of fused-ring (bicyclic) bond motifs is 1. The highest BCUT2D eigenvalue weighted by atomic mass is 32.2. The zero-order valence-electron chi connectivity index (χ0n) is 34.1. The van der Waals surface area contributed by atoms with Crippen molar-refractivity contribution in [1.82, 2.24) is 35.1 Å². The molecule has 1 unspecified atom stereocenters. The van der Waals surface area contributed by atoms with Gasteiger partial charge in [-0.2, -0.15) is 9.82 Å². The van der Waals surface area contributed by atoms with Gasteiger partial charge < -0.3 is 45.0 Å². The molecule has 6 N–H and O–H groups in total. The van der Waals surface area contributed by atoms with Gasteiger partial charge in [-0.3, -0.25) is 19.1 Å². The van der Waals surface area contributed by atoms with Crippen LogP contribution in [0.15, 0.2) is 53.8 Å². The van der Waals surface area contributed by atoms with Crippen LogP contribution in [0.5, 0.6) is 5.75 Å². The number of imidazole rings is 1. The first-order chi connectivity index (χ1) is 28.5. The van der Waals surface area contributed by atoms with Gasteiger partial charge in [0.25, 0.3) is 5.91 Å². The first kappa shape index (κ1) is 46.6. The number of carbonyl (C=O) groups is 3. The molecule has 0 saturated heterocycles. The number of aromatic amines is 1. The van der Waals surface area contributed by atoms with E-state index in [-0.39, 0.29) is 29.4 Å². The number of carbonyl (C=O) groups excluding carboxylic acids is 2.